The lowest BCUT2D eigenvalue weighted by Gasteiger charge is -1.97. The Kier molecular flexibility index (Phi) is 2.76. The zero-order valence-electron chi connectivity index (χ0n) is 9.63. The second kappa shape index (κ2) is 4.44. The minimum Gasteiger partial charge on any atom is -0.478 e. The van der Waals surface area contributed by atoms with Gasteiger partial charge in [-0.25, -0.2) is 14.2 Å². The molecule has 3 rings (SSSR count). The van der Waals surface area contributed by atoms with Crippen molar-refractivity contribution in [3.63, 3.8) is 0 Å². The highest BCUT2D eigenvalue weighted by Gasteiger charge is 2.08. The average Bonchev–Trinajstić information content (AvgIpc) is 2.81. The molecule has 3 aromatic rings. The first-order valence-electron chi connectivity index (χ1n) is 5.53. The summed E-state index contributed by atoms with van der Waals surface area (Å²) < 4.78 is 14.0. The molecule has 3 nitrogen and oxygen atoms in total. The number of nitrogens with zero attached hydrogens (tertiary/aromatic N) is 1. The molecule has 1 N–H and O–H groups in total. The molecule has 0 spiro atoms. The Labute approximate surface area is 112 Å². The van der Waals surface area contributed by atoms with Crippen molar-refractivity contribution in [1.29, 1.82) is 0 Å². The van der Waals surface area contributed by atoms with Gasteiger partial charge < -0.3 is 5.11 Å². The highest BCUT2D eigenvalue weighted by atomic mass is 32.1. The molecule has 0 aliphatic rings. The SMILES string of the molecule is O=C(O)c1ccc(-c2nc3cc(F)ccc3s2)cc1. The molecule has 94 valence electrons. The van der Waals surface area contributed by atoms with E-state index in [0.717, 1.165) is 15.3 Å². The Hall–Kier alpha value is -2.27. The van der Waals surface area contributed by atoms with Crippen molar-refractivity contribution in [2.45, 2.75) is 0 Å². The summed E-state index contributed by atoms with van der Waals surface area (Å²) >= 11 is 1.45. The fraction of sp³-hybridized carbons (Fsp3) is 0. The molecular formula is C14H8FNO2S. The first-order chi connectivity index (χ1) is 9.13. The van der Waals surface area contributed by atoms with E-state index < -0.39 is 5.97 Å². The number of rotatable bonds is 2. The van der Waals surface area contributed by atoms with Crippen LogP contribution in [0, 0.1) is 5.82 Å². The minimum atomic E-state index is -0.960. The molecular weight excluding hydrogens is 265 g/mol. The van der Waals surface area contributed by atoms with Gasteiger partial charge in [-0.3, -0.25) is 0 Å². The summed E-state index contributed by atoms with van der Waals surface area (Å²) in [6, 6.07) is 11.0. The number of halogens is 1. The molecule has 0 radical (unpaired) electrons. The van der Waals surface area contributed by atoms with E-state index in [1.165, 1.54) is 35.6 Å². The zero-order chi connectivity index (χ0) is 13.4. The minimum absolute atomic E-state index is 0.232. The molecule has 0 unspecified atom stereocenters. The van der Waals surface area contributed by atoms with E-state index in [1.807, 2.05) is 0 Å². The molecule has 0 bridgehead atoms. The van der Waals surface area contributed by atoms with Crippen molar-refractivity contribution < 1.29 is 14.3 Å². The fourth-order valence-corrected chi connectivity index (χ4v) is 2.73. The van der Waals surface area contributed by atoms with Gasteiger partial charge in [0.15, 0.2) is 0 Å². The Balaban J connectivity index is 2.06. The van der Waals surface area contributed by atoms with Crippen molar-refractivity contribution in [2.24, 2.45) is 0 Å². The standard InChI is InChI=1S/C14H8FNO2S/c15-10-5-6-12-11(7-10)16-13(19-12)8-1-3-9(4-2-8)14(17)18/h1-7H,(H,17,18). The van der Waals surface area contributed by atoms with Crippen LogP contribution in [-0.4, -0.2) is 16.1 Å². The van der Waals surface area contributed by atoms with Crippen LogP contribution in [0.5, 0.6) is 0 Å². The number of aromatic carboxylic acids is 1. The van der Waals surface area contributed by atoms with Gasteiger partial charge in [0.2, 0.25) is 0 Å². The van der Waals surface area contributed by atoms with Crippen LogP contribution in [0.25, 0.3) is 20.8 Å². The lowest BCUT2D eigenvalue weighted by molar-refractivity contribution is 0.0697. The number of aromatic nitrogens is 1. The van der Waals surface area contributed by atoms with E-state index in [9.17, 15) is 9.18 Å². The highest BCUT2D eigenvalue weighted by Crippen LogP contribution is 2.30. The normalized spacial score (nSPS) is 10.8. The van der Waals surface area contributed by atoms with E-state index in [2.05, 4.69) is 4.98 Å². The predicted octanol–water partition coefficient (Wildman–Crippen LogP) is 3.80. The fourth-order valence-electron chi connectivity index (χ4n) is 1.78. The van der Waals surface area contributed by atoms with Gasteiger partial charge >= 0.3 is 5.97 Å². The lowest BCUT2D eigenvalue weighted by Crippen LogP contribution is -1.94. The van der Waals surface area contributed by atoms with Crippen molar-refractivity contribution >= 4 is 27.5 Å². The van der Waals surface area contributed by atoms with Crippen molar-refractivity contribution in [3.8, 4) is 10.6 Å². The smallest absolute Gasteiger partial charge is 0.335 e. The Morgan fingerprint density at radius 1 is 1.16 bits per heavy atom. The number of hydrogen-bond acceptors (Lipinski definition) is 3. The molecule has 0 saturated heterocycles. The number of benzene rings is 2. The maximum absolute atomic E-state index is 13.1. The second-order valence-corrected chi connectivity index (χ2v) is 5.04. The third kappa shape index (κ3) is 2.20. The number of hydrogen-bond donors (Lipinski definition) is 1. The van der Waals surface area contributed by atoms with Crippen LogP contribution < -0.4 is 0 Å². The average molecular weight is 273 g/mol. The Morgan fingerprint density at radius 3 is 2.58 bits per heavy atom. The number of fused-ring (bicyclic) bond motifs is 1. The maximum Gasteiger partial charge on any atom is 0.335 e. The number of carbonyl (C=O) groups is 1. The van der Waals surface area contributed by atoms with E-state index in [1.54, 1.807) is 18.2 Å². The van der Waals surface area contributed by atoms with Crippen LogP contribution in [0.15, 0.2) is 42.5 Å². The van der Waals surface area contributed by atoms with Gasteiger partial charge in [0.25, 0.3) is 0 Å². The van der Waals surface area contributed by atoms with Gasteiger partial charge in [-0.1, -0.05) is 12.1 Å². The monoisotopic (exact) mass is 273 g/mol. The summed E-state index contributed by atoms with van der Waals surface area (Å²) in [5.41, 5.74) is 1.67. The molecule has 0 aliphatic carbocycles. The summed E-state index contributed by atoms with van der Waals surface area (Å²) in [6.45, 7) is 0. The summed E-state index contributed by atoms with van der Waals surface area (Å²) in [5, 5.41) is 9.58. The molecule has 0 atom stereocenters. The van der Waals surface area contributed by atoms with Gasteiger partial charge in [-0.05, 0) is 24.3 Å². The maximum atomic E-state index is 13.1. The number of carboxylic acid groups (broad SMARTS) is 1. The summed E-state index contributed by atoms with van der Waals surface area (Å²) in [7, 11) is 0. The molecule has 19 heavy (non-hydrogen) atoms. The predicted molar refractivity (Wildman–Crippen MR) is 72.0 cm³/mol. The molecule has 0 fully saturated rings. The Morgan fingerprint density at radius 2 is 1.89 bits per heavy atom. The van der Waals surface area contributed by atoms with E-state index in [-0.39, 0.29) is 11.4 Å². The van der Waals surface area contributed by atoms with Crippen molar-refractivity contribution in [3.05, 3.63) is 53.8 Å². The molecule has 0 amide bonds. The van der Waals surface area contributed by atoms with E-state index in [4.69, 9.17) is 5.11 Å². The molecule has 0 aliphatic heterocycles. The lowest BCUT2D eigenvalue weighted by atomic mass is 10.1. The van der Waals surface area contributed by atoms with Crippen molar-refractivity contribution in [2.75, 3.05) is 0 Å². The van der Waals surface area contributed by atoms with Crippen LogP contribution >= 0.6 is 11.3 Å². The zero-order valence-corrected chi connectivity index (χ0v) is 10.4. The topological polar surface area (TPSA) is 50.2 Å². The van der Waals surface area contributed by atoms with Gasteiger partial charge in [0.05, 0.1) is 15.8 Å². The van der Waals surface area contributed by atoms with Gasteiger partial charge in [-0.15, -0.1) is 11.3 Å². The third-order valence-corrected chi connectivity index (χ3v) is 3.81. The first kappa shape index (κ1) is 11.8. The van der Waals surface area contributed by atoms with Crippen LogP contribution in [0.1, 0.15) is 10.4 Å². The summed E-state index contributed by atoms with van der Waals surface area (Å²) in [6.07, 6.45) is 0. The first-order valence-corrected chi connectivity index (χ1v) is 6.35. The van der Waals surface area contributed by atoms with Crippen LogP contribution in [0.2, 0.25) is 0 Å². The number of carboxylic acids is 1. The molecule has 1 heterocycles. The molecule has 2 aromatic carbocycles. The van der Waals surface area contributed by atoms with Crippen LogP contribution in [-0.2, 0) is 0 Å². The van der Waals surface area contributed by atoms with Gasteiger partial charge in [0.1, 0.15) is 10.8 Å². The van der Waals surface area contributed by atoms with E-state index in [0.29, 0.717) is 5.52 Å². The summed E-state index contributed by atoms with van der Waals surface area (Å²) in [4.78, 5) is 15.1. The third-order valence-electron chi connectivity index (χ3n) is 2.73. The second-order valence-electron chi connectivity index (χ2n) is 4.01. The van der Waals surface area contributed by atoms with Crippen LogP contribution in [0.4, 0.5) is 4.39 Å². The van der Waals surface area contributed by atoms with Crippen LogP contribution in [0.3, 0.4) is 0 Å². The van der Waals surface area contributed by atoms with E-state index >= 15 is 0 Å². The Bertz CT molecular complexity index is 765. The highest BCUT2D eigenvalue weighted by molar-refractivity contribution is 7.21. The number of thiazole rings is 1. The molecule has 0 saturated carbocycles. The molecule has 5 heteroatoms. The quantitative estimate of drug-likeness (QED) is 0.772. The molecule has 1 aromatic heterocycles. The van der Waals surface area contributed by atoms with Crippen molar-refractivity contribution in [1.82, 2.24) is 4.98 Å². The van der Waals surface area contributed by atoms with Gasteiger partial charge in [-0.2, -0.15) is 0 Å². The largest absolute Gasteiger partial charge is 0.478 e. The van der Waals surface area contributed by atoms with Gasteiger partial charge in [0, 0.05) is 11.6 Å². The summed E-state index contributed by atoms with van der Waals surface area (Å²) in [5.74, 6) is -1.27.